The first-order valence-electron chi connectivity index (χ1n) is 10.5. The van der Waals surface area contributed by atoms with Crippen molar-refractivity contribution in [2.75, 3.05) is 13.2 Å². The van der Waals surface area contributed by atoms with E-state index in [1.807, 2.05) is 0 Å². The molecule has 0 aliphatic carbocycles. The van der Waals surface area contributed by atoms with Crippen LogP contribution in [-0.4, -0.2) is 166 Å². The third kappa shape index (κ3) is 4.37. The zero-order valence-corrected chi connectivity index (χ0v) is 17.9. The van der Waals surface area contributed by atoms with E-state index in [2.05, 4.69) is 0 Å². The molecule has 3 aliphatic rings. The van der Waals surface area contributed by atoms with Gasteiger partial charge >= 0.3 is 0 Å². The van der Waals surface area contributed by atoms with Crippen LogP contribution in [0.5, 0.6) is 0 Å². The van der Waals surface area contributed by atoms with Crippen molar-refractivity contribution in [1.82, 2.24) is 0 Å². The first kappa shape index (κ1) is 27.9. The lowest BCUT2D eigenvalue weighted by Crippen LogP contribution is -2.73. The molecule has 3 heterocycles. The Balaban J connectivity index is 1.84. The Labute approximate surface area is 192 Å². The quantitative estimate of drug-likeness (QED) is 0.160. The minimum Gasteiger partial charge on any atom is -0.394 e. The molecular weight excluding hydrogens is 472 g/mol. The van der Waals surface area contributed by atoms with Crippen LogP contribution >= 0.6 is 0 Å². The minimum atomic E-state index is -3.08. The molecule has 3 fully saturated rings. The normalized spacial score (nSPS) is 55.3. The molecule has 200 valence electrons. The highest BCUT2D eigenvalue weighted by molar-refractivity contribution is 5.11. The van der Waals surface area contributed by atoms with E-state index in [1.54, 1.807) is 0 Å². The van der Waals surface area contributed by atoms with Gasteiger partial charge in [-0.05, 0) is 6.92 Å². The summed E-state index contributed by atoms with van der Waals surface area (Å²) in [4.78, 5) is 0. The topological polar surface area (TPSA) is 280 Å². The smallest absolute Gasteiger partial charge is 0.225 e. The molecule has 12 N–H and O–H groups in total. The lowest BCUT2D eigenvalue weighted by molar-refractivity contribution is -0.378. The molecule has 16 heteroatoms. The lowest BCUT2D eigenvalue weighted by Gasteiger charge is -2.50. The molecule has 0 amide bonds. The van der Waals surface area contributed by atoms with E-state index in [1.165, 1.54) is 0 Å². The molecule has 16 nitrogen and oxygen atoms in total. The summed E-state index contributed by atoms with van der Waals surface area (Å²) < 4.78 is 20.8. The minimum absolute atomic E-state index is 0.787. The summed E-state index contributed by atoms with van der Waals surface area (Å²) in [6, 6.07) is 0. The zero-order chi connectivity index (χ0) is 25.7. The van der Waals surface area contributed by atoms with Crippen LogP contribution in [-0.2, 0) is 18.9 Å². The summed E-state index contributed by atoms with van der Waals surface area (Å²) in [6.45, 7) is -0.780. The fraction of sp³-hybridized carbons (Fsp3) is 1.00. The van der Waals surface area contributed by atoms with Gasteiger partial charge in [-0.3, -0.25) is 0 Å². The Bertz CT molecular complexity index is 697. The van der Waals surface area contributed by atoms with Crippen LogP contribution in [0.25, 0.3) is 0 Å². The highest BCUT2D eigenvalue weighted by atomic mass is 16.7. The van der Waals surface area contributed by atoms with E-state index in [9.17, 15) is 61.3 Å². The van der Waals surface area contributed by atoms with Gasteiger partial charge in [0.25, 0.3) is 0 Å². The number of hydrogen-bond donors (Lipinski definition) is 12. The van der Waals surface area contributed by atoms with Crippen molar-refractivity contribution in [3.63, 3.8) is 0 Å². The van der Waals surface area contributed by atoms with Crippen molar-refractivity contribution in [1.29, 1.82) is 0 Å². The standard InChI is InChI=1S/C18H32O16/c1-17(12(26)8(23)9(24)14(28)34-17)16(29)18(30)13(27)11(5(3-20)33-18)32-15-10(25)7(22)6(21)4(2-19)31-15/h4-16,19-30H,2-3H2,1H3/t4-,5-,6+,7+,8+,9+,10-,11-,12+,13+,14?,15?,16?,17+,18+/m1/s1. The second-order valence-corrected chi connectivity index (χ2v) is 8.85. The van der Waals surface area contributed by atoms with Gasteiger partial charge in [-0.25, -0.2) is 0 Å². The van der Waals surface area contributed by atoms with Crippen LogP contribution in [0.4, 0.5) is 0 Å². The van der Waals surface area contributed by atoms with Crippen LogP contribution < -0.4 is 0 Å². The monoisotopic (exact) mass is 504 g/mol. The fourth-order valence-electron chi connectivity index (χ4n) is 4.41. The van der Waals surface area contributed by atoms with Crippen LogP contribution in [0, 0.1) is 0 Å². The molecule has 34 heavy (non-hydrogen) atoms. The lowest BCUT2D eigenvalue weighted by atomic mass is 9.79. The fourth-order valence-corrected chi connectivity index (χ4v) is 4.41. The summed E-state index contributed by atoms with van der Waals surface area (Å²) in [6.07, 6.45) is -25.0. The van der Waals surface area contributed by atoms with Gasteiger partial charge in [0.15, 0.2) is 12.6 Å². The Morgan fingerprint density at radius 3 is 1.91 bits per heavy atom. The largest absolute Gasteiger partial charge is 0.394 e. The van der Waals surface area contributed by atoms with Crippen LogP contribution in [0.1, 0.15) is 6.92 Å². The van der Waals surface area contributed by atoms with Crippen LogP contribution in [0.3, 0.4) is 0 Å². The summed E-state index contributed by atoms with van der Waals surface area (Å²) in [5.41, 5.74) is -2.44. The van der Waals surface area contributed by atoms with Crippen molar-refractivity contribution in [3.05, 3.63) is 0 Å². The Morgan fingerprint density at radius 1 is 0.765 bits per heavy atom. The van der Waals surface area contributed by atoms with Gasteiger partial charge in [0.2, 0.25) is 5.79 Å². The van der Waals surface area contributed by atoms with Gasteiger partial charge in [-0.2, -0.15) is 0 Å². The predicted octanol–water partition coefficient (Wildman–Crippen LogP) is -7.84. The first-order valence-corrected chi connectivity index (χ1v) is 10.5. The molecule has 3 unspecified atom stereocenters. The van der Waals surface area contributed by atoms with E-state index >= 15 is 0 Å². The number of hydrogen-bond acceptors (Lipinski definition) is 16. The van der Waals surface area contributed by atoms with Crippen molar-refractivity contribution in [2.45, 2.75) is 98.0 Å². The molecule has 3 aliphatic heterocycles. The van der Waals surface area contributed by atoms with Gasteiger partial charge in [0.1, 0.15) is 72.7 Å². The first-order chi connectivity index (χ1) is 15.7. The summed E-state index contributed by atoms with van der Waals surface area (Å²) in [7, 11) is 0. The molecule has 0 spiro atoms. The van der Waals surface area contributed by atoms with E-state index in [4.69, 9.17) is 18.9 Å². The summed E-state index contributed by atoms with van der Waals surface area (Å²) in [5.74, 6) is -3.08. The SMILES string of the molecule is C[C@]1(C(O)[C@@]2(O)O[C@H](CO)[C@@H](OC3O[C@H](CO)[C@H](O)[C@H](O)[C@H]3O)[C@@H]2O)OC(O)[C@@H](O)[C@H](O)[C@@H]1O. The van der Waals surface area contributed by atoms with E-state index < -0.39 is 104 Å². The molecule has 0 aromatic rings. The average molecular weight is 504 g/mol. The van der Waals surface area contributed by atoms with Crippen molar-refractivity contribution in [2.24, 2.45) is 0 Å². The second-order valence-electron chi connectivity index (χ2n) is 8.85. The second kappa shape index (κ2) is 10.0. The highest BCUT2D eigenvalue weighted by Gasteiger charge is 2.67. The maximum atomic E-state index is 11.0. The molecule has 0 bridgehead atoms. The Hall–Kier alpha value is -0.640. The number of aliphatic hydroxyl groups excluding tert-OH is 11. The van der Waals surface area contributed by atoms with Crippen molar-refractivity contribution in [3.8, 4) is 0 Å². The maximum absolute atomic E-state index is 11.0. The van der Waals surface area contributed by atoms with Gasteiger partial charge in [0, 0.05) is 0 Å². The zero-order valence-electron chi connectivity index (χ0n) is 17.9. The van der Waals surface area contributed by atoms with Crippen LogP contribution in [0.15, 0.2) is 0 Å². The van der Waals surface area contributed by atoms with Gasteiger partial charge < -0.3 is 80.2 Å². The predicted molar refractivity (Wildman–Crippen MR) is 101 cm³/mol. The highest BCUT2D eigenvalue weighted by Crippen LogP contribution is 2.43. The molecule has 0 radical (unpaired) electrons. The third-order valence-corrected chi connectivity index (χ3v) is 6.62. The molecular formula is C18H32O16. The number of ether oxygens (including phenoxy) is 4. The Kier molecular flexibility index (Phi) is 8.23. The summed E-state index contributed by atoms with van der Waals surface area (Å²) >= 11 is 0. The average Bonchev–Trinajstić information content (AvgIpc) is 3.06. The van der Waals surface area contributed by atoms with Crippen molar-refractivity contribution >= 4 is 0 Å². The van der Waals surface area contributed by atoms with E-state index in [0.717, 1.165) is 6.92 Å². The molecule has 0 aromatic heterocycles. The van der Waals surface area contributed by atoms with Gasteiger partial charge in [-0.15, -0.1) is 0 Å². The number of aliphatic hydroxyl groups is 12. The molecule has 0 aromatic carbocycles. The molecule has 3 rings (SSSR count). The van der Waals surface area contributed by atoms with E-state index in [-0.39, 0.29) is 0 Å². The van der Waals surface area contributed by atoms with Gasteiger partial charge in [-0.1, -0.05) is 0 Å². The number of rotatable bonds is 6. The molecule has 3 saturated heterocycles. The third-order valence-electron chi connectivity index (χ3n) is 6.62. The van der Waals surface area contributed by atoms with E-state index in [0.29, 0.717) is 0 Å². The van der Waals surface area contributed by atoms with Crippen molar-refractivity contribution < 1.29 is 80.2 Å². The van der Waals surface area contributed by atoms with Gasteiger partial charge in [0.05, 0.1) is 13.2 Å². The Morgan fingerprint density at radius 2 is 1.35 bits per heavy atom. The molecule has 0 saturated carbocycles. The summed E-state index contributed by atoms with van der Waals surface area (Å²) in [5, 5.41) is 121. The van der Waals surface area contributed by atoms with Crippen LogP contribution in [0.2, 0.25) is 0 Å². The maximum Gasteiger partial charge on any atom is 0.225 e. The molecule has 15 atom stereocenters.